The predicted octanol–water partition coefficient (Wildman–Crippen LogP) is 4.35. The normalized spacial score (nSPS) is 11.5. The summed E-state index contributed by atoms with van der Waals surface area (Å²) in [5, 5.41) is 0. The van der Waals surface area contributed by atoms with Crippen LogP contribution in [0.5, 0.6) is 0 Å². The van der Waals surface area contributed by atoms with Crippen molar-refractivity contribution in [3.8, 4) is 0 Å². The second-order valence-electron chi connectivity index (χ2n) is 8.33. The fourth-order valence-electron chi connectivity index (χ4n) is 3.46. The standard InChI is InChI=1S/C22H48N.HI/c1-5-7-9-11-13-15-17-19-21-23(3,4)22-20-18-16-14-12-10-8-6-2;/h5-22H2,1-4H3;1H/q+1;/p-1. The molecule has 0 unspecified atom stereocenters. The lowest BCUT2D eigenvalue weighted by Crippen LogP contribution is -3.00. The summed E-state index contributed by atoms with van der Waals surface area (Å²) in [6.07, 6.45) is 23.0. The lowest BCUT2D eigenvalue weighted by atomic mass is 10.1. The Morgan fingerprint density at radius 2 is 0.667 bits per heavy atom. The van der Waals surface area contributed by atoms with Gasteiger partial charge in [0, 0.05) is 0 Å². The van der Waals surface area contributed by atoms with E-state index in [2.05, 4.69) is 27.9 Å². The van der Waals surface area contributed by atoms with Gasteiger partial charge in [0.05, 0.1) is 27.2 Å². The molecule has 0 aliphatic carbocycles. The second-order valence-corrected chi connectivity index (χ2v) is 8.33. The minimum atomic E-state index is 0. The van der Waals surface area contributed by atoms with Crippen LogP contribution in [0.2, 0.25) is 0 Å². The van der Waals surface area contributed by atoms with Crippen LogP contribution in [0, 0.1) is 0 Å². The molecule has 0 aromatic carbocycles. The van der Waals surface area contributed by atoms with E-state index in [1.807, 2.05) is 0 Å². The average molecular weight is 454 g/mol. The van der Waals surface area contributed by atoms with Gasteiger partial charge in [-0.3, -0.25) is 0 Å². The molecular formula is C22H48IN. The van der Waals surface area contributed by atoms with Crippen LogP contribution >= 0.6 is 0 Å². The zero-order valence-corrected chi connectivity index (χ0v) is 19.7. The van der Waals surface area contributed by atoms with E-state index in [-0.39, 0.29) is 24.0 Å². The van der Waals surface area contributed by atoms with Gasteiger partial charge in [0.15, 0.2) is 0 Å². The highest BCUT2D eigenvalue weighted by Crippen LogP contribution is 2.13. The smallest absolute Gasteiger partial charge is 0.0782 e. The summed E-state index contributed by atoms with van der Waals surface area (Å²) in [7, 11) is 4.87. The maximum Gasteiger partial charge on any atom is 0.0782 e. The van der Waals surface area contributed by atoms with Crippen LogP contribution < -0.4 is 24.0 Å². The largest absolute Gasteiger partial charge is 1.00 e. The summed E-state index contributed by atoms with van der Waals surface area (Å²) in [4.78, 5) is 0. The molecule has 0 radical (unpaired) electrons. The minimum absolute atomic E-state index is 0. The van der Waals surface area contributed by atoms with Gasteiger partial charge in [-0.05, 0) is 25.7 Å². The van der Waals surface area contributed by atoms with Crippen LogP contribution in [0.4, 0.5) is 0 Å². The van der Waals surface area contributed by atoms with Crippen molar-refractivity contribution in [3.05, 3.63) is 0 Å². The Kier molecular flexibility index (Phi) is 22.4. The number of rotatable bonds is 18. The van der Waals surface area contributed by atoms with Gasteiger partial charge in [0.2, 0.25) is 0 Å². The van der Waals surface area contributed by atoms with Crippen molar-refractivity contribution in [3.63, 3.8) is 0 Å². The van der Waals surface area contributed by atoms with Crippen LogP contribution in [0.1, 0.15) is 117 Å². The monoisotopic (exact) mass is 453 g/mol. The molecule has 0 atom stereocenters. The number of hydrogen-bond donors (Lipinski definition) is 0. The first-order valence-corrected chi connectivity index (χ1v) is 10.9. The van der Waals surface area contributed by atoms with Gasteiger partial charge in [0.25, 0.3) is 0 Å². The topological polar surface area (TPSA) is 0 Å². The van der Waals surface area contributed by atoms with Crippen LogP contribution in [0.15, 0.2) is 0 Å². The summed E-state index contributed by atoms with van der Waals surface area (Å²) >= 11 is 0. The van der Waals surface area contributed by atoms with Gasteiger partial charge in [-0.25, -0.2) is 0 Å². The maximum absolute atomic E-state index is 2.43. The van der Waals surface area contributed by atoms with Gasteiger partial charge >= 0.3 is 0 Å². The van der Waals surface area contributed by atoms with Crippen LogP contribution in [-0.2, 0) is 0 Å². The Hall–Kier alpha value is 0.690. The number of halogens is 1. The van der Waals surface area contributed by atoms with E-state index in [1.54, 1.807) is 0 Å². The number of hydrogen-bond acceptors (Lipinski definition) is 0. The lowest BCUT2D eigenvalue weighted by molar-refractivity contribution is -0.890. The fraction of sp³-hybridized carbons (Fsp3) is 1.00. The molecule has 0 aromatic rings. The molecule has 0 aliphatic rings. The Morgan fingerprint density at radius 1 is 0.417 bits per heavy atom. The summed E-state index contributed by atoms with van der Waals surface area (Å²) in [6.45, 7) is 7.36. The van der Waals surface area contributed by atoms with E-state index in [9.17, 15) is 0 Å². The summed E-state index contributed by atoms with van der Waals surface area (Å²) in [5.41, 5.74) is 0. The van der Waals surface area contributed by atoms with E-state index in [0.29, 0.717) is 0 Å². The molecule has 0 fully saturated rings. The number of nitrogens with zero attached hydrogens (tertiary/aromatic N) is 1. The molecule has 1 nitrogen and oxygen atoms in total. The van der Waals surface area contributed by atoms with Crippen molar-refractivity contribution in [2.24, 2.45) is 0 Å². The van der Waals surface area contributed by atoms with Crippen molar-refractivity contribution in [2.45, 2.75) is 117 Å². The minimum Gasteiger partial charge on any atom is -1.00 e. The molecule has 0 amide bonds. The summed E-state index contributed by atoms with van der Waals surface area (Å²) in [6, 6.07) is 0. The molecule has 0 rings (SSSR count). The highest BCUT2D eigenvalue weighted by Gasteiger charge is 2.13. The zero-order chi connectivity index (χ0) is 17.2. The molecule has 0 saturated heterocycles. The average Bonchev–Trinajstić information content (AvgIpc) is 2.52. The molecule has 0 spiro atoms. The van der Waals surface area contributed by atoms with Crippen LogP contribution in [0.3, 0.4) is 0 Å². The summed E-state index contributed by atoms with van der Waals surface area (Å²) in [5.74, 6) is 0. The van der Waals surface area contributed by atoms with E-state index in [4.69, 9.17) is 0 Å². The van der Waals surface area contributed by atoms with Crippen LogP contribution in [0.25, 0.3) is 0 Å². The highest BCUT2D eigenvalue weighted by atomic mass is 127. The van der Waals surface area contributed by atoms with E-state index >= 15 is 0 Å². The zero-order valence-electron chi connectivity index (χ0n) is 17.6. The quantitative estimate of drug-likeness (QED) is 0.165. The van der Waals surface area contributed by atoms with Gasteiger partial charge < -0.3 is 28.5 Å². The molecule has 0 aromatic heterocycles. The summed E-state index contributed by atoms with van der Waals surface area (Å²) < 4.78 is 1.24. The molecule has 0 aliphatic heterocycles. The SMILES string of the molecule is CCCCCCCCCC[N+](C)(C)CCCCCCCCCC.[I-]. The maximum atomic E-state index is 2.43. The van der Waals surface area contributed by atoms with E-state index in [0.717, 1.165) is 0 Å². The highest BCUT2D eigenvalue weighted by molar-refractivity contribution is 4.48. The van der Waals surface area contributed by atoms with Crippen molar-refractivity contribution in [1.82, 2.24) is 0 Å². The molecule has 0 bridgehead atoms. The molecule has 0 saturated carbocycles. The Bertz CT molecular complexity index is 206. The fourth-order valence-corrected chi connectivity index (χ4v) is 3.46. The third-order valence-electron chi connectivity index (χ3n) is 5.23. The molecule has 0 heterocycles. The first kappa shape index (κ1) is 26.9. The van der Waals surface area contributed by atoms with Crippen molar-refractivity contribution in [2.75, 3.05) is 27.2 Å². The molecular weight excluding hydrogens is 405 g/mol. The second kappa shape index (κ2) is 20.0. The third-order valence-corrected chi connectivity index (χ3v) is 5.23. The van der Waals surface area contributed by atoms with Crippen molar-refractivity contribution < 1.29 is 28.5 Å². The van der Waals surface area contributed by atoms with Gasteiger partial charge in [-0.1, -0.05) is 90.9 Å². The van der Waals surface area contributed by atoms with Crippen molar-refractivity contribution >= 4 is 0 Å². The molecule has 24 heavy (non-hydrogen) atoms. The predicted molar refractivity (Wildman–Crippen MR) is 107 cm³/mol. The number of quaternary nitrogens is 1. The molecule has 148 valence electrons. The lowest BCUT2D eigenvalue weighted by Gasteiger charge is -2.30. The Morgan fingerprint density at radius 3 is 0.958 bits per heavy atom. The van der Waals surface area contributed by atoms with E-state index < -0.39 is 0 Å². The van der Waals surface area contributed by atoms with Gasteiger partial charge in [-0.15, -0.1) is 0 Å². The first-order valence-electron chi connectivity index (χ1n) is 10.9. The first-order chi connectivity index (χ1) is 11.1. The van der Waals surface area contributed by atoms with Crippen molar-refractivity contribution in [1.29, 1.82) is 0 Å². The van der Waals surface area contributed by atoms with Gasteiger partial charge in [0.1, 0.15) is 0 Å². The van der Waals surface area contributed by atoms with Crippen LogP contribution in [-0.4, -0.2) is 31.7 Å². The van der Waals surface area contributed by atoms with E-state index in [1.165, 1.54) is 120 Å². The Balaban J connectivity index is 0. The Labute approximate surface area is 172 Å². The molecule has 2 heteroatoms. The molecule has 0 N–H and O–H groups in total. The van der Waals surface area contributed by atoms with Gasteiger partial charge in [-0.2, -0.15) is 0 Å². The third kappa shape index (κ3) is 20.7. The number of unbranched alkanes of at least 4 members (excludes halogenated alkanes) is 14.